The van der Waals surface area contributed by atoms with E-state index in [9.17, 15) is 18.4 Å². The van der Waals surface area contributed by atoms with Crippen LogP contribution in [0.4, 0.5) is 8.78 Å². The van der Waals surface area contributed by atoms with Crippen molar-refractivity contribution >= 4 is 23.6 Å². The Balaban J connectivity index is 2.44. The lowest BCUT2D eigenvalue weighted by Gasteiger charge is -2.16. The molecule has 0 aromatic heterocycles. The summed E-state index contributed by atoms with van der Waals surface area (Å²) in [6.07, 6.45) is 0.105. The Morgan fingerprint density at radius 1 is 1.35 bits per heavy atom. The monoisotopic (exact) mass is 303 g/mol. The van der Waals surface area contributed by atoms with Crippen LogP contribution >= 0.6 is 11.8 Å². The third kappa shape index (κ3) is 5.16. The van der Waals surface area contributed by atoms with E-state index in [1.54, 1.807) is 7.05 Å². The smallest absolute Gasteiger partial charge is 0.307 e. The summed E-state index contributed by atoms with van der Waals surface area (Å²) in [4.78, 5) is 24.3. The highest BCUT2D eigenvalue weighted by Gasteiger charge is 2.13. The predicted octanol–water partition coefficient (Wildman–Crippen LogP) is 2.08. The fraction of sp³-hybridized carbons (Fsp3) is 0.385. The molecule has 0 heterocycles. The molecule has 0 spiro atoms. The van der Waals surface area contributed by atoms with Crippen LogP contribution in [0.25, 0.3) is 0 Å². The summed E-state index contributed by atoms with van der Waals surface area (Å²) in [5.74, 6) is -1.99. The largest absolute Gasteiger partial charge is 0.469 e. The van der Waals surface area contributed by atoms with Gasteiger partial charge in [-0.1, -0.05) is 0 Å². The van der Waals surface area contributed by atoms with Gasteiger partial charge in [-0.15, -0.1) is 11.8 Å². The van der Waals surface area contributed by atoms with Crippen LogP contribution in [-0.4, -0.2) is 43.2 Å². The summed E-state index contributed by atoms with van der Waals surface area (Å²) in [7, 11) is 2.82. The molecule has 0 fully saturated rings. The van der Waals surface area contributed by atoms with E-state index < -0.39 is 17.6 Å². The molecule has 1 aromatic rings. The second-order valence-electron chi connectivity index (χ2n) is 4.00. The number of thioether (sulfide) groups is 1. The standard InChI is InChI=1S/C13H15F2NO3S/c1-16(6-5-13(18)19-2)12(17)8-20-11-4-3-9(14)7-10(11)15/h3-4,7H,5-6,8H2,1-2H3. The number of carbonyl (C=O) groups is 2. The van der Waals surface area contributed by atoms with E-state index in [4.69, 9.17) is 0 Å². The van der Waals surface area contributed by atoms with Gasteiger partial charge in [0.2, 0.25) is 5.91 Å². The minimum atomic E-state index is -0.694. The average molecular weight is 303 g/mol. The summed E-state index contributed by atoms with van der Waals surface area (Å²) < 4.78 is 30.5. The van der Waals surface area contributed by atoms with Crippen molar-refractivity contribution in [2.75, 3.05) is 26.5 Å². The van der Waals surface area contributed by atoms with Gasteiger partial charge in [-0.25, -0.2) is 8.78 Å². The molecule has 0 radical (unpaired) electrons. The first kappa shape index (κ1) is 16.4. The molecule has 0 atom stereocenters. The van der Waals surface area contributed by atoms with Crippen LogP contribution < -0.4 is 0 Å². The van der Waals surface area contributed by atoms with Gasteiger partial charge >= 0.3 is 5.97 Å². The quantitative estimate of drug-likeness (QED) is 0.596. The molecule has 0 saturated heterocycles. The summed E-state index contributed by atoms with van der Waals surface area (Å²) in [5.41, 5.74) is 0. The zero-order valence-corrected chi connectivity index (χ0v) is 12.0. The maximum Gasteiger partial charge on any atom is 0.307 e. The van der Waals surface area contributed by atoms with Gasteiger partial charge in [0.25, 0.3) is 0 Å². The number of rotatable bonds is 6. The second kappa shape index (κ2) is 7.84. The third-order valence-electron chi connectivity index (χ3n) is 2.55. The van der Waals surface area contributed by atoms with Crippen LogP contribution in [-0.2, 0) is 14.3 Å². The van der Waals surface area contributed by atoms with Crippen LogP contribution in [0.5, 0.6) is 0 Å². The van der Waals surface area contributed by atoms with Crippen LogP contribution in [0, 0.1) is 11.6 Å². The van der Waals surface area contributed by atoms with E-state index >= 15 is 0 Å². The van der Waals surface area contributed by atoms with E-state index in [-0.39, 0.29) is 29.5 Å². The Kier molecular flexibility index (Phi) is 6.44. The molecule has 110 valence electrons. The number of ether oxygens (including phenoxy) is 1. The van der Waals surface area contributed by atoms with E-state index in [1.165, 1.54) is 18.1 Å². The van der Waals surface area contributed by atoms with Crippen LogP contribution in [0.2, 0.25) is 0 Å². The summed E-state index contributed by atoms with van der Waals surface area (Å²) in [6.45, 7) is 0.234. The zero-order chi connectivity index (χ0) is 15.1. The highest BCUT2D eigenvalue weighted by molar-refractivity contribution is 8.00. The van der Waals surface area contributed by atoms with Crippen LogP contribution in [0.15, 0.2) is 23.1 Å². The van der Waals surface area contributed by atoms with Gasteiger partial charge in [0.1, 0.15) is 11.6 Å². The number of hydrogen-bond donors (Lipinski definition) is 0. The van der Waals surface area contributed by atoms with Crippen molar-refractivity contribution in [3.8, 4) is 0 Å². The predicted molar refractivity (Wildman–Crippen MR) is 71.4 cm³/mol. The minimum absolute atomic E-state index is 0.0141. The molecule has 0 saturated carbocycles. The fourth-order valence-electron chi connectivity index (χ4n) is 1.33. The first-order valence-electron chi connectivity index (χ1n) is 5.82. The van der Waals surface area contributed by atoms with Gasteiger partial charge in [-0.05, 0) is 12.1 Å². The maximum atomic E-state index is 13.4. The van der Waals surface area contributed by atoms with Crippen molar-refractivity contribution in [2.24, 2.45) is 0 Å². The van der Waals surface area contributed by atoms with Crippen molar-refractivity contribution in [3.63, 3.8) is 0 Å². The molecule has 0 N–H and O–H groups in total. The van der Waals surface area contributed by atoms with Gasteiger partial charge in [0, 0.05) is 24.6 Å². The Morgan fingerprint density at radius 3 is 2.65 bits per heavy atom. The van der Waals surface area contributed by atoms with Crippen molar-refractivity contribution in [1.82, 2.24) is 4.90 Å². The number of methoxy groups -OCH3 is 1. The molecular formula is C13H15F2NO3S. The van der Waals surface area contributed by atoms with Gasteiger partial charge in [-0.3, -0.25) is 9.59 Å². The van der Waals surface area contributed by atoms with E-state index in [1.807, 2.05) is 0 Å². The molecule has 0 unspecified atom stereocenters. The number of amides is 1. The van der Waals surface area contributed by atoms with Crippen LogP contribution in [0.3, 0.4) is 0 Å². The Bertz CT molecular complexity index is 497. The SMILES string of the molecule is COC(=O)CCN(C)C(=O)CSc1ccc(F)cc1F. The molecule has 0 aliphatic heterocycles. The van der Waals surface area contributed by atoms with Gasteiger partial charge in [0.15, 0.2) is 0 Å². The number of carbonyl (C=O) groups excluding carboxylic acids is 2. The van der Waals surface area contributed by atoms with E-state index in [0.29, 0.717) is 0 Å². The van der Waals surface area contributed by atoms with E-state index in [2.05, 4.69) is 4.74 Å². The Labute approximate surface area is 120 Å². The lowest BCUT2D eigenvalue weighted by molar-refractivity contribution is -0.141. The maximum absolute atomic E-state index is 13.4. The number of nitrogens with zero attached hydrogens (tertiary/aromatic N) is 1. The lowest BCUT2D eigenvalue weighted by Crippen LogP contribution is -2.30. The molecule has 7 heteroatoms. The summed E-state index contributed by atoms with van der Waals surface area (Å²) >= 11 is 0.983. The van der Waals surface area contributed by atoms with Gasteiger partial charge < -0.3 is 9.64 Å². The topological polar surface area (TPSA) is 46.6 Å². The minimum Gasteiger partial charge on any atom is -0.469 e. The van der Waals surface area contributed by atoms with Crippen molar-refractivity contribution in [3.05, 3.63) is 29.8 Å². The fourth-order valence-corrected chi connectivity index (χ4v) is 2.19. The Morgan fingerprint density at radius 2 is 2.05 bits per heavy atom. The molecule has 1 rings (SSSR count). The molecule has 0 bridgehead atoms. The highest BCUT2D eigenvalue weighted by Crippen LogP contribution is 2.22. The van der Waals surface area contributed by atoms with Crippen LogP contribution in [0.1, 0.15) is 6.42 Å². The van der Waals surface area contributed by atoms with Gasteiger partial charge in [0.05, 0.1) is 19.3 Å². The van der Waals surface area contributed by atoms with E-state index in [0.717, 1.165) is 23.9 Å². The normalized spacial score (nSPS) is 10.2. The number of hydrogen-bond acceptors (Lipinski definition) is 4. The summed E-state index contributed by atoms with van der Waals surface area (Å²) in [5, 5.41) is 0. The van der Waals surface area contributed by atoms with Gasteiger partial charge in [-0.2, -0.15) is 0 Å². The third-order valence-corrected chi connectivity index (χ3v) is 3.58. The first-order chi connectivity index (χ1) is 9.43. The first-order valence-corrected chi connectivity index (χ1v) is 6.81. The second-order valence-corrected chi connectivity index (χ2v) is 5.02. The molecule has 20 heavy (non-hydrogen) atoms. The molecule has 1 aromatic carbocycles. The van der Waals surface area contributed by atoms with Crippen molar-refractivity contribution in [2.45, 2.75) is 11.3 Å². The zero-order valence-electron chi connectivity index (χ0n) is 11.2. The molecule has 1 amide bonds. The number of esters is 1. The molecule has 0 aliphatic rings. The average Bonchev–Trinajstić information content (AvgIpc) is 2.42. The number of benzene rings is 1. The molecular weight excluding hydrogens is 288 g/mol. The number of halogens is 2. The molecule has 4 nitrogen and oxygen atoms in total. The lowest BCUT2D eigenvalue weighted by atomic mass is 10.3. The van der Waals surface area contributed by atoms with Crippen molar-refractivity contribution < 1.29 is 23.1 Å². The molecule has 0 aliphatic carbocycles. The van der Waals surface area contributed by atoms with Crippen molar-refractivity contribution in [1.29, 1.82) is 0 Å². The summed E-state index contributed by atoms with van der Waals surface area (Å²) in [6, 6.07) is 3.20. The Hall–Kier alpha value is -1.63. The highest BCUT2D eigenvalue weighted by atomic mass is 32.2.